The molecule has 4 heterocycles. The van der Waals surface area contributed by atoms with Crippen LogP contribution in [0, 0.1) is 0 Å². The van der Waals surface area contributed by atoms with Gasteiger partial charge in [0.05, 0.1) is 19.7 Å². The van der Waals surface area contributed by atoms with Gasteiger partial charge in [-0.05, 0) is 19.4 Å². The van der Waals surface area contributed by atoms with Crippen molar-refractivity contribution in [1.29, 1.82) is 0 Å². The van der Waals surface area contributed by atoms with Crippen molar-refractivity contribution >= 4 is 11.8 Å². The summed E-state index contributed by atoms with van der Waals surface area (Å²) in [6.07, 6.45) is 4.54. The molecule has 146 valence electrons. The number of hydrogen-bond donors (Lipinski definition) is 2. The third kappa shape index (κ3) is 3.01. The smallest absolute Gasteiger partial charge is 0.276 e. The number of aromatic hydroxyl groups is 1. The van der Waals surface area contributed by atoms with E-state index in [0.29, 0.717) is 18.9 Å². The normalized spacial score (nSPS) is 21.0. The molecule has 10 nitrogen and oxygen atoms in total. The average Bonchev–Trinajstić information content (AvgIpc) is 2.69. The van der Waals surface area contributed by atoms with Crippen LogP contribution in [0.2, 0.25) is 0 Å². The first-order chi connectivity index (χ1) is 13.5. The minimum Gasteiger partial charge on any atom is -0.503 e. The van der Waals surface area contributed by atoms with Gasteiger partial charge in [0, 0.05) is 24.6 Å². The zero-order valence-corrected chi connectivity index (χ0v) is 15.2. The lowest BCUT2D eigenvalue weighted by atomic mass is 10.1. The van der Waals surface area contributed by atoms with Crippen LogP contribution in [0.1, 0.15) is 40.0 Å². The maximum absolute atomic E-state index is 12.8. The fourth-order valence-electron chi connectivity index (χ4n) is 3.50. The van der Waals surface area contributed by atoms with Crippen molar-refractivity contribution in [1.82, 2.24) is 24.8 Å². The standard InChI is InChI=1S/C18H19N5O5/c1-10-3-6-28-13-9-22-8-11(15(24)16(25)14(22)18(27)23(10)13)17(26)21-7-12-19-4-2-5-20-12/h2,4-5,8,10,13,25H,3,6-7,9H2,1H3,(H,21,26)/t10-,13+/m1/s1. The summed E-state index contributed by atoms with van der Waals surface area (Å²) in [7, 11) is 0. The van der Waals surface area contributed by atoms with Crippen molar-refractivity contribution in [3.05, 3.63) is 52.0 Å². The lowest BCUT2D eigenvalue weighted by molar-refractivity contribution is -0.112. The average molecular weight is 385 g/mol. The van der Waals surface area contributed by atoms with Crippen LogP contribution in [0.25, 0.3) is 0 Å². The second-order valence-corrected chi connectivity index (χ2v) is 6.74. The number of hydrogen-bond acceptors (Lipinski definition) is 7. The highest BCUT2D eigenvalue weighted by Gasteiger charge is 2.40. The van der Waals surface area contributed by atoms with Gasteiger partial charge in [-0.15, -0.1) is 0 Å². The van der Waals surface area contributed by atoms with E-state index in [2.05, 4.69) is 15.3 Å². The Bertz CT molecular complexity index is 990. The van der Waals surface area contributed by atoms with Crippen LogP contribution in [0.5, 0.6) is 5.75 Å². The molecule has 2 N–H and O–H groups in total. The zero-order chi connectivity index (χ0) is 19.8. The molecule has 2 atom stereocenters. The molecule has 4 rings (SSSR count). The van der Waals surface area contributed by atoms with E-state index in [1.165, 1.54) is 28.1 Å². The van der Waals surface area contributed by atoms with Gasteiger partial charge in [-0.2, -0.15) is 0 Å². The Balaban J connectivity index is 1.65. The van der Waals surface area contributed by atoms with Gasteiger partial charge in [-0.25, -0.2) is 9.97 Å². The Morgan fingerprint density at radius 3 is 2.86 bits per heavy atom. The lowest BCUT2D eigenvalue weighted by Gasteiger charge is -2.44. The van der Waals surface area contributed by atoms with Crippen LogP contribution < -0.4 is 10.7 Å². The van der Waals surface area contributed by atoms with Crippen molar-refractivity contribution in [3.63, 3.8) is 0 Å². The van der Waals surface area contributed by atoms with Crippen molar-refractivity contribution in [2.24, 2.45) is 0 Å². The lowest BCUT2D eigenvalue weighted by Crippen LogP contribution is -2.57. The molecule has 0 aromatic carbocycles. The highest BCUT2D eigenvalue weighted by atomic mass is 16.5. The molecule has 10 heteroatoms. The number of carbonyl (C=O) groups is 2. The van der Waals surface area contributed by atoms with Crippen LogP contribution in [-0.4, -0.2) is 55.2 Å². The van der Waals surface area contributed by atoms with Gasteiger partial charge in [0.1, 0.15) is 11.4 Å². The van der Waals surface area contributed by atoms with E-state index in [0.717, 1.165) is 0 Å². The number of aromatic nitrogens is 3. The summed E-state index contributed by atoms with van der Waals surface area (Å²) in [5.74, 6) is -1.52. The van der Waals surface area contributed by atoms with Gasteiger partial charge in [-0.1, -0.05) is 0 Å². The molecule has 28 heavy (non-hydrogen) atoms. The molecule has 0 unspecified atom stereocenters. The highest BCUT2D eigenvalue weighted by molar-refractivity contribution is 5.99. The summed E-state index contributed by atoms with van der Waals surface area (Å²) in [6.45, 7) is 2.66. The zero-order valence-electron chi connectivity index (χ0n) is 15.2. The maximum Gasteiger partial charge on any atom is 0.276 e. The number of carbonyl (C=O) groups excluding carboxylic acids is 2. The summed E-state index contributed by atoms with van der Waals surface area (Å²) >= 11 is 0. The third-order valence-electron chi connectivity index (χ3n) is 4.95. The van der Waals surface area contributed by atoms with E-state index in [9.17, 15) is 19.5 Å². The van der Waals surface area contributed by atoms with E-state index in [4.69, 9.17) is 4.74 Å². The Hall–Kier alpha value is -3.27. The Morgan fingerprint density at radius 2 is 2.11 bits per heavy atom. The summed E-state index contributed by atoms with van der Waals surface area (Å²) in [4.78, 5) is 47.3. The third-order valence-corrected chi connectivity index (χ3v) is 4.95. The quantitative estimate of drug-likeness (QED) is 0.753. The van der Waals surface area contributed by atoms with Crippen LogP contribution in [0.3, 0.4) is 0 Å². The minimum absolute atomic E-state index is 0.0254. The summed E-state index contributed by atoms with van der Waals surface area (Å²) in [5.41, 5.74) is -1.28. The molecule has 2 aliphatic rings. The van der Waals surface area contributed by atoms with Crippen LogP contribution >= 0.6 is 0 Å². The second-order valence-electron chi connectivity index (χ2n) is 6.74. The van der Waals surface area contributed by atoms with Crippen LogP contribution in [0.4, 0.5) is 0 Å². The summed E-state index contributed by atoms with van der Waals surface area (Å²) < 4.78 is 7.07. The monoisotopic (exact) mass is 385 g/mol. The second kappa shape index (κ2) is 7.04. The van der Waals surface area contributed by atoms with Gasteiger partial charge < -0.3 is 24.6 Å². The number of rotatable bonds is 3. The SMILES string of the molecule is C[C@@H]1CCO[C@H]2Cn3cc(C(=O)NCc4ncccn4)c(=O)c(O)c3C(=O)N12. The van der Waals surface area contributed by atoms with Crippen molar-refractivity contribution in [3.8, 4) is 5.75 Å². The van der Waals surface area contributed by atoms with Gasteiger partial charge in [0.25, 0.3) is 11.8 Å². The maximum atomic E-state index is 12.8. The molecule has 1 fully saturated rings. The molecule has 0 radical (unpaired) electrons. The number of fused-ring (bicyclic) bond motifs is 2. The largest absolute Gasteiger partial charge is 0.503 e. The Kier molecular flexibility index (Phi) is 4.55. The van der Waals surface area contributed by atoms with Crippen molar-refractivity contribution < 1.29 is 19.4 Å². The fraction of sp³-hybridized carbons (Fsp3) is 0.389. The molecule has 2 aromatic heterocycles. The van der Waals surface area contributed by atoms with E-state index < -0.39 is 29.2 Å². The number of pyridine rings is 1. The number of ether oxygens (including phenoxy) is 1. The number of nitrogens with zero attached hydrogens (tertiary/aromatic N) is 4. The molecule has 1 saturated heterocycles. The van der Waals surface area contributed by atoms with Gasteiger partial charge in [0.2, 0.25) is 5.43 Å². The predicted octanol–water partition coefficient (Wildman–Crippen LogP) is -0.135. The Labute approximate surface area is 159 Å². The molecule has 0 spiro atoms. The molecule has 0 aliphatic carbocycles. The minimum atomic E-state index is -0.893. The van der Waals surface area contributed by atoms with E-state index >= 15 is 0 Å². The first-order valence-electron chi connectivity index (χ1n) is 8.92. The number of nitrogens with one attached hydrogen (secondary N) is 1. The first kappa shape index (κ1) is 18.1. The molecular weight excluding hydrogens is 366 g/mol. The molecule has 0 bridgehead atoms. The predicted molar refractivity (Wildman–Crippen MR) is 95.6 cm³/mol. The van der Waals surface area contributed by atoms with E-state index in [-0.39, 0.29) is 30.4 Å². The van der Waals surface area contributed by atoms with Gasteiger partial charge >= 0.3 is 0 Å². The van der Waals surface area contributed by atoms with Crippen LogP contribution in [-0.2, 0) is 17.8 Å². The van der Waals surface area contributed by atoms with E-state index in [1.807, 2.05) is 6.92 Å². The van der Waals surface area contributed by atoms with Gasteiger partial charge in [0.15, 0.2) is 17.7 Å². The fourth-order valence-corrected chi connectivity index (χ4v) is 3.50. The van der Waals surface area contributed by atoms with Gasteiger partial charge in [-0.3, -0.25) is 14.4 Å². The Morgan fingerprint density at radius 1 is 1.36 bits per heavy atom. The topological polar surface area (TPSA) is 127 Å². The molecule has 0 saturated carbocycles. The number of amides is 2. The highest BCUT2D eigenvalue weighted by Crippen LogP contribution is 2.29. The van der Waals surface area contributed by atoms with Crippen LogP contribution in [0.15, 0.2) is 29.5 Å². The molecule has 2 amide bonds. The molecule has 2 aromatic rings. The van der Waals surface area contributed by atoms with Crippen molar-refractivity contribution in [2.45, 2.75) is 38.7 Å². The summed E-state index contributed by atoms with van der Waals surface area (Å²) in [5, 5.41) is 12.9. The van der Waals surface area contributed by atoms with E-state index in [1.54, 1.807) is 6.07 Å². The molecular formula is C18H19N5O5. The first-order valence-corrected chi connectivity index (χ1v) is 8.92. The molecule has 2 aliphatic heterocycles. The van der Waals surface area contributed by atoms with Crippen molar-refractivity contribution in [2.75, 3.05) is 6.61 Å². The summed E-state index contributed by atoms with van der Waals surface area (Å²) in [6, 6.07) is 1.58.